The lowest BCUT2D eigenvalue weighted by Crippen LogP contribution is -2.51. The van der Waals surface area contributed by atoms with Crippen LogP contribution < -0.4 is 20.3 Å². The second-order valence-corrected chi connectivity index (χ2v) is 5.37. The van der Waals surface area contributed by atoms with Crippen LogP contribution in [0.15, 0.2) is 36.4 Å². The summed E-state index contributed by atoms with van der Waals surface area (Å²) in [5, 5.41) is 0. The summed E-state index contributed by atoms with van der Waals surface area (Å²) in [4.78, 5) is 23.8. The molecule has 22 heavy (non-hydrogen) atoms. The number of rotatable bonds is 3. The lowest BCUT2D eigenvalue weighted by atomic mass is 10.1. The summed E-state index contributed by atoms with van der Waals surface area (Å²) < 4.78 is 11.0. The highest BCUT2D eigenvalue weighted by Crippen LogP contribution is 2.30. The van der Waals surface area contributed by atoms with E-state index in [1.54, 1.807) is 18.2 Å². The van der Waals surface area contributed by atoms with Crippen molar-refractivity contribution in [3.63, 3.8) is 0 Å². The molecule has 2 N–H and O–H groups in total. The summed E-state index contributed by atoms with van der Waals surface area (Å²) in [6, 6.07) is 7.15. The minimum absolute atomic E-state index is 0.115. The molecule has 1 aromatic carbocycles. The molecule has 0 unspecified atom stereocenters. The van der Waals surface area contributed by atoms with E-state index in [1.807, 2.05) is 12.1 Å². The fourth-order valence-electron chi connectivity index (χ4n) is 2.52. The van der Waals surface area contributed by atoms with Crippen LogP contribution in [0.2, 0.25) is 0 Å². The fraction of sp³-hybridized carbons (Fsp3) is 0.375. The molecule has 2 amide bonds. The first-order valence-corrected chi connectivity index (χ1v) is 7.36. The van der Waals surface area contributed by atoms with Crippen molar-refractivity contribution in [2.24, 2.45) is 5.92 Å². The fourth-order valence-corrected chi connectivity index (χ4v) is 2.52. The smallest absolute Gasteiger partial charge is 0.283 e. The van der Waals surface area contributed by atoms with Gasteiger partial charge in [0.1, 0.15) is 6.61 Å². The zero-order chi connectivity index (χ0) is 15.4. The monoisotopic (exact) mass is 302 g/mol. The maximum absolute atomic E-state index is 12.0. The van der Waals surface area contributed by atoms with Crippen molar-refractivity contribution in [2.75, 3.05) is 6.61 Å². The average Bonchev–Trinajstić information content (AvgIpc) is 3.05. The van der Waals surface area contributed by atoms with Gasteiger partial charge >= 0.3 is 0 Å². The highest BCUT2D eigenvalue weighted by molar-refractivity contribution is 5.85. The molecule has 0 radical (unpaired) electrons. The molecular formula is C16H18N2O4. The Labute approximate surface area is 128 Å². The van der Waals surface area contributed by atoms with Crippen LogP contribution in [0, 0.1) is 5.92 Å². The molecule has 1 heterocycles. The van der Waals surface area contributed by atoms with Gasteiger partial charge in [-0.25, -0.2) is 0 Å². The molecule has 0 bridgehead atoms. The molecule has 2 atom stereocenters. The van der Waals surface area contributed by atoms with Gasteiger partial charge in [0.15, 0.2) is 11.5 Å². The normalized spacial score (nSPS) is 22.2. The quantitative estimate of drug-likeness (QED) is 0.652. The Balaban J connectivity index is 1.46. The van der Waals surface area contributed by atoms with E-state index in [9.17, 15) is 9.59 Å². The van der Waals surface area contributed by atoms with Gasteiger partial charge in [-0.2, -0.15) is 0 Å². The number of ether oxygens (including phenoxy) is 2. The standard InChI is InChI=1S/C16H18N2O4/c19-15(9-11-5-1-2-6-11)17-18-16(20)14-10-21-12-7-3-4-8-13(12)22-14/h1,3-5,7-8,11,14H,2,6,9-10H2,(H,17,19)(H,18,20)/t11-,14+/m1/s1. The Morgan fingerprint density at radius 2 is 2.00 bits per heavy atom. The number of hydrogen-bond acceptors (Lipinski definition) is 4. The average molecular weight is 302 g/mol. The predicted molar refractivity (Wildman–Crippen MR) is 79.1 cm³/mol. The molecule has 0 fully saturated rings. The van der Waals surface area contributed by atoms with E-state index in [0.717, 1.165) is 12.8 Å². The van der Waals surface area contributed by atoms with Crippen molar-refractivity contribution in [1.82, 2.24) is 10.9 Å². The second-order valence-electron chi connectivity index (χ2n) is 5.37. The van der Waals surface area contributed by atoms with E-state index in [-0.39, 0.29) is 18.4 Å². The predicted octanol–water partition coefficient (Wildman–Crippen LogP) is 1.33. The number of carbonyl (C=O) groups is 2. The van der Waals surface area contributed by atoms with Crippen LogP contribution in [0.25, 0.3) is 0 Å². The van der Waals surface area contributed by atoms with Gasteiger partial charge in [-0.05, 0) is 30.9 Å². The third-order valence-corrected chi connectivity index (χ3v) is 3.69. The van der Waals surface area contributed by atoms with Crippen LogP contribution in [-0.4, -0.2) is 24.5 Å². The minimum atomic E-state index is -0.776. The van der Waals surface area contributed by atoms with Gasteiger partial charge in [-0.1, -0.05) is 24.3 Å². The Hall–Kier alpha value is -2.50. The molecule has 6 heteroatoms. The van der Waals surface area contributed by atoms with Gasteiger partial charge in [-0.3, -0.25) is 20.4 Å². The van der Waals surface area contributed by atoms with Crippen molar-refractivity contribution in [3.05, 3.63) is 36.4 Å². The van der Waals surface area contributed by atoms with Crippen molar-refractivity contribution in [2.45, 2.75) is 25.4 Å². The summed E-state index contributed by atoms with van der Waals surface area (Å²) in [6.45, 7) is 0.115. The molecule has 0 spiro atoms. The van der Waals surface area contributed by atoms with Gasteiger partial charge in [0.2, 0.25) is 12.0 Å². The summed E-state index contributed by atoms with van der Waals surface area (Å²) in [5.74, 6) is 0.768. The molecule has 1 aliphatic carbocycles. The summed E-state index contributed by atoms with van der Waals surface area (Å²) >= 11 is 0. The van der Waals surface area contributed by atoms with E-state index >= 15 is 0 Å². The zero-order valence-electron chi connectivity index (χ0n) is 12.1. The number of hydrogen-bond donors (Lipinski definition) is 2. The number of allylic oxidation sites excluding steroid dienone is 2. The summed E-state index contributed by atoms with van der Waals surface area (Å²) in [5.41, 5.74) is 4.81. The highest BCUT2D eigenvalue weighted by atomic mass is 16.6. The van der Waals surface area contributed by atoms with Crippen LogP contribution in [0.1, 0.15) is 19.3 Å². The topological polar surface area (TPSA) is 76.7 Å². The Kier molecular flexibility index (Phi) is 4.27. The van der Waals surface area contributed by atoms with Gasteiger partial charge in [-0.15, -0.1) is 0 Å². The van der Waals surface area contributed by atoms with Crippen molar-refractivity contribution in [3.8, 4) is 11.5 Å². The number of carbonyl (C=O) groups excluding carboxylic acids is 2. The maximum atomic E-state index is 12.0. The van der Waals surface area contributed by atoms with E-state index in [0.29, 0.717) is 17.9 Å². The van der Waals surface area contributed by atoms with Crippen molar-refractivity contribution < 1.29 is 19.1 Å². The molecule has 2 aliphatic rings. The van der Waals surface area contributed by atoms with Crippen LogP contribution in [0.4, 0.5) is 0 Å². The molecule has 116 valence electrons. The lowest BCUT2D eigenvalue weighted by molar-refractivity contribution is -0.135. The number of nitrogens with one attached hydrogen (secondary N) is 2. The summed E-state index contributed by atoms with van der Waals surface area (Å²) in [7, 11) is 0. The van der Waals surface area contributed by atoms with Gasteiger partial charge < -0.3 is 9.47 Å². The number of fused-ring (bicyclic) bond motifs is 1. The summed E-state index contributed by atoms with van der Waals surface area (Å²) in [6.07, 6.45) is 5.70. The van der Waals surface area contributed by atoms with Crippen LogP contribution in [-0.2, 0) is 9.59 Å². The molecule has 0 aromatic heterocycles. The maximum Gasteiger partial charge on any atom is 0.283 e. The zero-order valence-corrected chi connectivity index (χ0v) is 12.1. The number of amides is 2. The third-order valence-electron chi connectivity index (χ3n) is 3.69. The minimum Gasteiger partial charge on any atom is -0.485 e. The molecule has 6 nitrogen and oxygen atoms in total. The van der Waals surface area contributed by atoms with Crippen LogP contribution in [0.3, 0.4) is 0 Å². The first kappa shape index (κ1) is 14.4. The SMILES string of the molecule is O=C(C[C@@H]1C=CCC1)NNC(=O)[C@@H]1COc2ccccc2O1. The molecule has 1 aromatic rings. The van der Waals surface area contributed by atoms with E-state index in [4.69, 9.17) is 9.47 Å². The van der Waals surface area contributed by atoms with E-state index < -0.39 is 12.0 Å². The van der Waals surface area contributed by atoms with Crippen LogP contribution >= 0.6 is 0 Å². The first-order valence-electron chi connectivity index (χ1n) is 7.36. The molecule has 0 saturated carbocycles. The van der Waals surface area contributed by atoms with E-state index in [2.05, 4.69) is 16.9 Å². The highest BCUT2D eigenvalue weighted by Gasteiger charge is 2.27. The van der Waals surface area contributed by atoms with Gasteiger partial charge in [0.25, 0.3) is 5.91 Å². The van der Waals surface area contributed by atoms with Crippen molar-refractivity contribution in [1.29, 1.82) is 0 Å². The number of para-hydroxylation sites is 2. The Morgan fingerprint density at radius 3 is 2.77 bits per heavy atom. The largest absolute Gasteiger partial charge is 0.485 e. The second kappa shape index (κ2) is 6.51. The number of benzene rings is 1. The third kappa shape index (κ3) is 3.39. The molecule has 0 saturated heterocycles. The molecular weight excluding hydrogens is 284 g/mol. The molecule has 3 rings (SSSR count). The van der Waals surface area contributed by atoms with Crippen LogP contribution in [0.5, 0.6) is 11.5 Å². The van der Waals surface area contributed by atoms with Gasteiger partial charge in [0, 0.05) is 6.42 Å². The molecule has 1 aliphatic heterocycles. The first-order chi connectivity index (χ1) is 10.7. The number of hydrazine groups is 1. The lowest BCUT2D eigenvalue weighted by Gasteiger charge is -2.25. The van der Waals surface area contributed by atoms with Crippen molar-refractivity contribution >= 4 is 11.8 Å². The Morgan fingerprint density at radius 1 is 1.18 bits per heavy atom. The van der Waals surface area contributed by atoms with E-state index in [1.165, 1.54) is 0 Å². The Bertz CT molecular complexity index is 600. The van der Waals surface area contributed by atoms with Gasteiger partial charge in [0.05, 0.1) is 0 Å².